The van der Waals surface area contributed by atoms with Crippen molar-refractivity contribution in [2.24, 2.45) is 0 Å². The number of anilines is 1. The molecule has 6 heteroatoms. The Morgan fingerprint density at radius 3 is 2.45 bits per heavy atom. The van der Waals surface area contributed by atoms with Crippen LogP contribution in [0.5, 0.6) is 0 Å². The van der Waals surface area contributed by atoms with Crippen LogP contribution in [0.3, 0.4) is 0 Å². The smallest absolute Gasteiger partial charge is 0.230 e. The minimum absolute atomic E-state index is 0.0776. The highest BCUT2D eigenvalue weighted by Crippen LogP contribution is 2.23. The quantitative estimate of drug-likeness (QED) is 0.508. The van der Waals surface area contributed by atoms with Crippen LogP contribution in [0.1, 0.15) is 28.2 Å². The maximum atomic E-state index is 12.3. The number of nitrogens with zero attached hydrogens (tertiary/aromatic N) is 3. The van der Waals surface area contributed by atoms with E-state index in [0.29, 0.717) is 0 Å². The Morgan fingerprint density at radius 1 is 1.03 bits per heavy atom. The van der Waals surface area contributed by atoms with E-state index in [9.17, 15) is 4.79 Å². The Balaban J connectivity index is 1.49. The molecule has 0 bridgehead atoms. The van der Waals surface area contributed by atoms with Crippen molar-refractivity contribution < 1.29 is 4.79 Å². The summed E-state index contributed by atoms with van der Waals surface area (Å²) in [6.07, 6.45) is 1.08. The van der Waals surface area contributed by atoms with Gasteiger partial charge in [0.1, 0.15) is 0 Å². The van der Waals surface area contributed by atoms with Gasteiger partial charge in [0.25, 0.3) is 0 Å². The number of aryl methyl sites for hydroxylation is 1. The van der Waals surface area contributed by atoms with E-state index in [1.807, 2.05) is 53.4 Å². The molecule has 1 amide bonds. The molecule has 0 atom stereocenters. The first-order valence-electron chi connectivity index (χ1n) is 9.49. The molecule has 0 unspecified atom stereocenters. The molecule has 2 heterocycles. The number of hydrogen-bond acceptors (Lipinski definition) is 4. The molecule has 29 heavy (non-hydrogen) atoms. The molecule has 5 nitrogen and oxygen atoms in total. The van der Waals surface area contributed by atoms with Gasteiger partial charge in [0.05, 0.1) is 17.8 Å². The molecule has 146 valence electrons. The molecule has 0 fully saturated rings. The van der Waals surface area contributed by atoms with Crippen molar-refractivity contribution in [2.45, 2.75) is 26.7 Å². The SMILES string of the molecule is Cc1nn(-c2nc(CC(=O)Nc3ccccc3)cs2)c(C)c1Cc1ccccc1. The number of benzene rings is 2. The Bertz CT molecular complexity index is 1120. The summed E-state index contributed by atoms with van der Waals surface area (Å²) in [5.41, 5.74) is 6.10. The van der Waals surface area contributed by atoms with Gasteiger partial charge in [-0.2, -0.15) is 5.10 Å². The number of para-hydroxylation sites is 1. The van der Waals surface area contributed by atoms with Crippen LogP contribution in [0.2, 0.25) is 0 Å². The summed E-state index contributed by atoms with van der Waals surface area (Å²) in [5, 5.41) is 10.3. The summed E-state index contributed by atoms with van der Waals surface area (Å²) in [6.45, 7) is 4.10. The highest BCUT2D eigenvalue weighted by molar-refractivity contribution is 7.12. The highest BCUT2D eigenvalue weighted by Gasteiger charge is 2.16. The first-order chi connectivity index (χ1) is 14.1. The van der Waals surface area contributed by atoms with Crippen LogP contribution in [0.25, 0.3) is 5.13 Å². The van der Waals surface area contributed by atoms with Crippen LogP contribution in [-0.2, 0) is 17.6 Å². The first kappa shape index (κ1) is 19.1. The van der Waals surface area contributed by atoms with E-state index in [2.05, 4.69) is 41.5 Å². The molecular formula is C23H22N4OS. The largest absolute Gasteiger partial charge is 0.326 e. The fourth-order valence-electron chi connectivity index (χ4n) is 3.28. The van der Waals surface area contributed by atoms with Crippen molar-refractivity contribution in [2.75, 3.05) is 5.32 Å². The lowest BCUT2D eigenvalue weighted by atomic mass is 10.0. The molecule has 0 spiro atoms. The lowest BCUT2D eigenvalue weighted by molar-refractivity contribution is -0.115. The number of nitrogens with one attached hydrogen (secondary N) is 1. The fourth-order valence-corrected chi connectivity index (χ4v) is 4.11. The standard InChI is InChI=1S/C23H22N4OS/c1-16-21(13-18-9-5-3-6-10-18)17(2)27(26-16)23-25-20(15-29-23)14-22(28)24-19-11-7-4-8-12-19/h3-12,15H,13-14H2,1-2H3,(H,24,28). The summed E-state index contributed by atoms with van der Waals surface area (Å²) < 4.78 is 1.89. The van der Waals surface area contributed by atoms with Gasteiger partial charge in [0, 0.05) is 28.7 Å². The van der Waals surface area contributed by atoms with Crippen molar-refractivity contribution in [1.82, 2.24) is 14.8 Å². The Kier molecular flexibility index (Phi) is 5.53. The summed E-state index contributed by atoms with van der Waals surface area (Å²) in [5.74, 6) is -0.0776. The third kappa shape index (κ3) is 4.43. The van der Waals surface area contributed by atoms with Gasteiger partial charge in [-0.15, -0.1) is 11.3 Å². The van der Waals surface area contributed by atoms with Crippen LogP contribution in [-0.4, -0.2) is 20.7 Å². The molecule has 2 aromatic heterocycles. The van der Waals surface area contributed by atoms with Gasteiger partial charge in [0.15, 0.2) is 0 Å². The van der Waals surface area contributed by atoms with Crippen LogP contribution in [0.4, 0.5) is 5.69 Å². The Morgan fingerprint density at radius 2 is 1.72 bits per heavy atom. The van der Waals surface area contributed by atoms with E-state index in [-0.39, 0.29) is 12.3 Å². The molecule has 0 saturated carbocycles. The van der Waals surface area contributed by atoms with Gasteiger partial charge in [-0.3, -0.25) is 4.79 Å². The third-order valence-electron chi connectivity index (χ3n) is 4.78. The second kappa shape index (κ2) is 8.41. The average Bonchev–Trinajstić information content (AvgIpc) is 3.29. The monoisotopic (exact) mass is 402 g/mol. The maximum Gasteiger partial charge on any atom is 0.230 e. The van der Waals surface area contributed by atoms with E-state index in [1.54, 1.807) is 0 Å². The Hall–Kier alpha value is -3.25. The normalized spacial score (nSPS) is 10.8. The zero-order valence-electron chi connectivity index (χ0n) is 16.4. The van der Waals surface area contributed by atoms with Crippen molar-refractivity contribution in [3.8, 4) is 5.13 Å². The number of carbonyl (C=O) groups excluding carboxylic acids is 1. The minimum Gasteiger partial charge on any atom is -0.326 e. The van der Waals surface area contributed by atoms with Gasteiger partial charge in [0.2, 0.25) is 11.0 Å². The number of aromatic nitrogens is 3. The molecule has 0 saturated heterocycles. The third-order valence-corrected chi connectivity index (χ3v) is 5.65. The predicted octanol–water partition coefficient (Wildman–Crippen LogP) is 4.72. The zero-order valence-corrected chi connectivity index (χ0v) is 17.2. The number of hydrogen-bond donors (Lipinski definition) is 1. The zero-order chi connectivity index (χ0) is 20.2. The summed E-state index contributed by atoms with van der Waals surface area (Å²) in [6, 6.07) is 19.8. The predicted molar refractivity (Wildman–Crippen MR) is 117 cm³/mol. The van der Waals surface area contributed by atoms with Crippen molar-refractivity contribution >= 4 is 22.9 Å². The van der Waals surface area contributed by atoms with Crippen molar-refractivity contribution in [3.63, 3.8) is 0 Å². The molecule has 0 aliphatic heterocycles. The van der Waals surface area contributed by atoms with Crippen molar-refractivity contribution in [3.05, 3.63) is 94.3 Å². The van der Waals surface area contributed by atoms with E-state index >= 15 is 0 Å². The summed E-state index contributed by atoms with van der Waals surface area (Å²) in [7, 11) is 0. The topological polar surface area (TPSA) is 59.8 Å². The molecule has 0 aliphatic rings. The van der Waals surface area contributed by atoms with Gasteiger partial charge >= 0.3 is 0 Å². The summed E-state index contributed by atoms with van der Waals surface area (Å²) >= 11 is 1.50. The van der Waals surface area contributed by atoms with Crippen LogP contribution >= 0.6 is 11.3 Å². The number of rotatable bonds is 6. The first-order valence-corrected chi connectivity index (χ1v) is 10.4. The molecule has 2 aromatic carbocycles. The minimum atomic E-state index is -0.0776. The maximum absolute atomic E-state index is 12.3. The van der Waals surface area contributed by atoms with E-state index in [0.717, 1.165) is 34.3 Å². The van der Waals surface area contributed by atoms with Gasteiger partial charge in [-0.1, -0.05) is 48.5 Å². The van der Waals surface area contributed by atoms with Crippen molar-refractivity contribution in [1.29, 1.82) is 0 Å². The van der Waals surface area contributed by atoms with Crippen LogP contribution in [0.15, 0.2) is 66.0 Å². The van der Waals surface area contributed by atoms with Crippen LogP contribution in [0, 0.1) is 13.8 Å². The molecule has 1 N–H and O–H groups in total. The van der Waals surface area contributed by atoms with E-state index in [4.69, 9.17) is 5.10 Å². The fraction of sp³-hybridized carbons (Fsp3) is 0.174. The highest BCUT2D eigenvalue weighted by atomic mass is 32.1. The van der Waals surface area contributed by atoms with E-state index in [1.165, 1.54) is 22.5 Å². The molecule has 0 aliphatic carbocycles. The van der Waals surface area contributed by atoms with Gasteiger partial charge in [-0.25, -0.2) is 9.67 Å². The van der Waals surface area contributed by atoms with E-state index < -0.39 is 0 Å². The lowest BCUT2D eigenvalue weighted by Crippen LogP contribution is -2.14. The second-order valence-corrected chi connectivity index (χ2v) is 7.77. The summed E-state index contributed by atoms with van der Waals surface area (Å²) in [4.78, 5) is 16.9. The van der Waals surface area contributed by atoms with Crippen LogP contribution < -0.4 is 5.32 Å². The molecule has 4 aromatic rings. The molecular weight excluding hydrogens is 380 g/mol. The molecule has 4 rings (SSSR count). The number of carbonyl (C=O) groups is 1. The lowest BCUT2D eigenvalue weighted by Gasteiger charge is -2.04. The second-order valence-electron chi connectivity index (χ2n) is 6.94. The number of amides is 1. The van der Waals surface area contributed by atoms with Gasteiger partial charge < -0.3 is 5.32 Å². The molecule has 0 radical (unpaired) electrons. The average molecular weight is 403 g/mol. The van der Waals surface area contributed by atoms with Gasteiger partial charge in [-0.05, 0) is 31.5 Å². The Labute approximate surface area is 174 Å². The number of thiazole rings is 1.